The molecule has 1 heterocycles. The molecule has 0 unspecified atom stereocenters. The summed E-state index contributed by atoms with van der Waals surface area (Å²) in [5.74, 6) is -0.0756. The number of hydrogen-bond donors (Lipinski definition) is 1. The molecule has 35 heavy (non-hydrogen) atoms. The van der Waals surface area contributed by atoms with Gasteiger partial charge >= 0.3 is 11.7 Å². The smallest absolute Gasteiger partial charge is 0.346 e. The standard InChI is InChI=1S/C29H39N3O3/c1-3-5-7-8-9-10-16-27-30-32(21-13-6-4-2)29(35)31(27)22-23-17-19-24(20-18-23)25-14-11-12-15-26(25)28(33)34/h11-12,14-15,17-20H,3-10,13,16,21-22H2,1-2H3,(H,33,34). The number of carboxylic acids is 1. The molecule has 3 aromatic rings. The second kappa shape index (κ2) is 13.7. The number of carboxylic acid groups (broad SMARTS) is 1. The van der Waals surface area contributed by atoms with Crippen LogP contribution < -0.4 is 5.69 Å². The van der Waals surface area contributed by atoms with E-state index >= 15 is 0 Å². The molecular formula is C29H39N3O3. The van der Waals surface area contributed by atoms with E-state index in [1.54, 1.807) is 16.8 Å². The lowest BCUT2D eigenvalue weighted by molar-refractivity contribution is 0.0697. The van der Waals surface area contributed by atoms with Gasteiger partial charge in [-0.25, -0.2) is 14.3 Å². The Morgan fingerprint density at radius 2 is 1.51 bits per heavy atom. The van der Waals surface area contributed by atoms with Crippen LogP contribution in [-0.2, 0) is 19.5 Å². The van der Waals surface area contributed by atoms with Crippen LogP contribution in [0.4, 0.5) is 0 Å². The Balaban J connectivity index is 1.77. The highest BCUT2D eigenvalue weighted by atomic mass is 16.4. The van der Waals surface area contributed by atoms with Crippen LogP contribution in [0, 0.1) is 0 Å². The van der Waals surface area contributed by atoms with Crippen molar-refractivity contribution in [1.82, 2.24) is 14.3 Å². The van der Waals surface area contributed by atoms with Crippen LogP contribution >= 0.6 is 0 Å². The minimum atomic E-state index is -0.939. The largest absolute Gasteiger partial charge is 0.478 e. The van der Waals surface area contributed by atoms with Crippen LogP contribution in [0.3, 0.4) is 0 Å². The molecule has 1 aromatic heterocycles. The van der Waals surface area contributed by atoms with E-state index in [2.05, 4.69) is 13.8 Å². The molecule has 0 atom stereocenters. The lowest BCUT2D eigenvalue weighted by Gasteiger charge is -2.09. The van der Waals surface area contributed by atoms with E-state index in [1.165, 1.54) is 25.7 Å². The van der Waals surface area contributed by atoms with Gasteiger partial charge in [0.1, 0.15) is 5.82 Å². The molecule has 0 spiro atoms. The fourth-order valence-corrected chi connectivity index (χ4v) is 4.44. The fourth-order valence-electron chi connectivity index (χ4n) is 4.44. The molecule has 0 saturated heterocycles. The van der Waals surface area contributed by atoms with Crippen molar-refractivity contribution in [3.8, 4) is 11.1 Å². The third-order valence-corrected chi connectivity index (χ3v) is 6.49. The average Bonchev–Trinajstić information content (AvgIpc) is 3.16. The van der Waals surface area contributed by atoms with E-state index in [1.807, 2.05) is 41.0 Å². The molecule has 1 N–H and O–H groups in total. The van der Waals surface area contributed by atoms with Crippen molar-refractivity contribution in [2.75, 3.05) is 0 Å². The van der Waals surface area contributed by atoms with Crippen LogP contribution in [0.2, 0.25) is 0 Å². The summed E-state index contributed by atoms with van der Waals surface area (Å²) in [6.45, 7) is 5.51. The molecule has 0 aliphatic heterocycles. The van der Waals surface area contributed by atoms with E-state index < -0.39 is 5.97 Å². The van der Waals surface area contributed by atoms with Crippen LogP contribution in [0.1, 0.15) is 93.4 Å². The van der Waals surface area contributed by atoms with Gasteiger partial charge in [-0.2, -0.15) is 5.10 Å². The van der Waals surface area contributed by atoms with Gasteiger partial charge in [0.15, 0.2) is 0 Å². The van der Waals surface area contributed by atoms with E-state index in [-0.39, 0.29) is 11.3 Å². The molecular weight excluding hydrogens is 438 g/mol. The maximum atomic E-state index is 13.2. The van der Waals surface area contributed by atoms with Gasteiger partial charge in [-0.3, -0.25) is 4.57 Å². The average molecular weight is 478 g/mol. The third-order valence-electron chi connectivity index (χ3n) is 6.49. The summed E-state index contributed by atoms with van der Waals surface area (Å²) in [5, 5.41) is 14.2. The summed E-state index contributed by atoms with van der Waals surface area (Å²) < 4.78 is 3.46. The van der Waals surface area contributed by atoms with Crippen molar-refractivity contribution >= 4 is 5.97 Å². The van der Waals surface area contributed by atoms with Crippen molar-refractivity contribution in [1.29, 1.82) is 0 Å². The number of unbranched alkanes of at least 4 members (excludes halogenated alkanes) is 7. The number of aromatic carboxylic acids is 1. The number of nitrogens with zero attached hydrogens (tertiary/aromatic N) is 3. The second-order valence-corrected chi connectivity index (χ2v) is 9.28. The monoisotopic (exact) mass is 477 g/mol. The van der Waals surface area contributed by atoms with E-state index in [4.69, 9.17) is 5.10 Å². The molecule has 188 valence electrons. The van der Waals surface area contributed by atoms with Gasteiger partial charge < -0.3 is 5.11 Å². The van der Waals surface area contributed by atoms with Crippen LogP contribution in [0.5, 0.6) is 0 Å². The number of aromatic nitrogens is 3. The summed E-state index contributed by atoms with van der Waals surface area (Å²) in [4.78, 5) is 24.8. The van der Waals surface area contributed by atoms with Crippen LogP contribution in [-0.4, -0.2) is 25.4 Å². The predicted molar refractivity (Wildman–Crippen MR) is 141 cm³/mol. The summed E-state index contributed by atoms with van der Waals surface area (Å²) in [6, 6.07) is 14.8. The van der Waals surface area contributed by atoms with Gasteiger partial charge in [-0.15, -0.1) is 0 Å². The van der Waals surface area contributed by atoms with Crippen molar-refractivity contribution in [3.05, 3.63) is 76.0 Å². The highest BCUT2D eigenvalue weighted by Crippen LogP contribution is 2.24. The van der Waals surface area contributed by atoms with Gasteiger partial charge in [0.25, 0.3) is 0 Å². The minimum Gasteiger partial charge on any atom is -0.478 e. The summed E-state index contributed by atoms with van der Waals surface area (Å²) in [6.07, 6.45) is 11.2. The highest BCUT2D eigenvalue weighted by molar-refractivity contribution is 5.95. The molecule has 0 amide bonds. The Morgan fingerprint density at radius 3 is 2.23 bits per heavy atom. The molecule has 2 aromatic carbocycles. The minimum absolute atomic E-state index is 0.0395. The zero-order valence-corrected chi connectivity index (χ0v) is 21.2. The Bertz CT molecular complexity index is 1130. The molecule has 3 rings (SSSR count). The first-order valence-electron chi connectivity index (χ1n) is 13.1. The van der Waals surface area contributed by atoms with Crippen LogP contribution in [0.15, 0.2) is 53.3 Å². The first-order chi connectivity index (χ1) is 17.0. The number of rotatable bonds is 15. The molecule has 0 aliphatic rings. The Kier molecular flexibility index (Phi) is 10.3. The molecule has 6 heteroatoms. The second-order valence-electron chi connectivity index (χ2n) is 9.28. The van der Waals surface area contributed by atoms with Gasteiger partial charge in [0, 0.05) is 13.0 Å². The van der Waals surface area contributed by atoms with Crippen molar-refractivity contribution in [2.24, 2.45) is 0 Å². The number of benzene rings is 2. The molecule has 0 radical (unpaired) electrons. The quantitative estimate of drug-likeness (QED) is 0.252. The summed E-state index contributed by atoms with van der Waals surface area (Å²) in [7, 11) is 0. The number of aryl methyl sites for hydroxylation is 2. The first kappa shape index (κ1) is 26.5. The summed E-state index contributed by atoms with van der Waals surface area (Å²) >= 11 is 0. The molecule has 0 saturated carbocycles. The number of carbonyl (C=O) groups is 1. The SMILES string of the molecule is CCCCCCCCc1nn(CCCCC)c(=O)n1Cc1ccc(-c2ccccc2C(=O)O)cc1. The topological polar surface area (TPSA) is 77.1 Å². The predicted octanol–water partition coefficient (Wildman–Crippen LogP) is 6.55. The lowest BCUT2D eigenvalue weighted by atomic mass is 9.99. The summed E-state index contributed by atoms with van der Waals surface area (Å²) in [5.41, 5.74) is 2.78. The lowest BCUT2D eigenvalue weighted by Crippen LogP contribution is -2.26. The molecule has 0 aliphatic carbocycles. The maximum absolute atomic E-state index is 13.2. The van der Waals surface area contributed by atoms with E-state index in [0.717, 1.165) is 55.5 Å². The number of hydrogen-bond acceptors (Lipinski definition) is 3. The van der Waals surface area contributed by atoms with Gasteiger partial charge in [-0.05, 0) is 35.6 Å². The molecule has 0 fully saturated rings. The Morgan fingerprint density at radius 1 is 0.857 bits per heavy atom. The highest BCUT2D eigenvalue weighted by Gasteiger charge is 2.15. The van der Waals surface area contributed by atoms with Crippen molar-refractivity contribution in [2.45, 2.75) is 91.1 Å². The normalized spacial score (nSPS) is 11.1. The Hall–Kier alpha value is -3.15. The van der Waals surface area contributed by atoms with E-state index in [0.29, 0.717) is 18.7 Å². The maximum Gasteiger partial charge on any atom is 0.346 e. The first-order valence-corrected chi connectivity index (χ1v) is 13.1. The van der Waals surface area contributed by atoms with E-state index in [9.17, 15) is 14.7 Å². The molecule has 6 nitrogen and oxygen atoms in total. The van der Waals surface area contributed by atoms with Crippen molar-refractivity contribution in [3.63, 3.8) is 0 Å². The van der Waals surface area contributed by atoms with Gasteiger partial charge in [0.05, 0.1) is 12.1 Å². The van der Waals surface area contributed by atoms with Gasteiger partial charge in [-0.1, -0.05) is 101 Å². The van der Waals surface area contributed by atoms with Gasteiger partial charge in [0.2, 0.25) is 0 Å². The Labute approximate surface area is 208 Å². The molecule has 0 bridgehead atoms. The van der Waals surface area contributed by atoms with Crippen molar-refractivity contribution < 1.29 is 9.90 Å². The van der Waals surface area contributed by atoms with Crippen LogP contribution in [0.25, 0.3) is 11.1 Å². The zero-order valence-electron chi connectivity index (χ0n) is 21.2. The fraction of sp³-hybridized carbons (Fsp3) is 0.483. The third kappa shape index (κ3) is 7.41. The zero-order chi connectivity index (χ0) is 25.0.